The maximum atomic E-state index is 12.9. The topological polar surface area (TPSA) is 32.8 Å². The molecule has 4 nitrogen and oxygen atoms in total. The number of nitrogens with zero attached hydrogens (tertiary/aromatic N) is 2. The summed E-state index contributed by atoms with van der Waals surface area (Å²) in [6.07, 6.45) is 0.967. The van der Waals surface area contributed by atoms with Crippen molar-refractivity contribution in [1.29, 1.82) is 0 Å². The molecule has 0 saturated carbocycles. The van der Waals surface area contributed by atoms with Crippen molar-refractivity contribution in [2.45, 2.75) is 19.4 Å². The van der Waals surface area contributed by atoms with Crippen LogP contribution in [0.1, 0.15) is 33.8 Å². The van der Waals surface area contributed by atoms with Gasteiger partial charge < -0.3 is 14.5 Å². The predicted molar refractivity (Wildman–Crippen MR) is 96.9 cm³/mol. The molecule has 0 radical (unpaired) electrons. The Labute approximate surface area is 146 Å². The summed E-state index contributed by atoms with van der Waals surface area (Å²) in [4.78, 5) is 18.7. The third kappa shape index (κ3) is 2.82. The van der Waals surface area contributed by atoms with Crippen molar-refractivity contribution in [3.05, 3.63) is 51.7 Å². The second-order valence-electron chi connectivity index (χ2n) is 6.37. The van der Waals surface area contributed by atoms with E-state index in [1.807, 2.05) is 17.0 Å². The van der Waals surface area contributed by atoms with Crippen molar-refractivity contribution < 1.29 is 9.53 Å². The van der Waals surface area contributed by atoms with Gasteiger partial charge in [0.2, 0.25) is 0 Å². The number of hydrogen-bond acceptors (Lipinski definition) is 4. The zero-order valence-corrected chi connectivity index (χ0v) is 14.7. The first-order valence-corrected chi connectivity index (χ1v) is 9.42. The quantitative estimate of drug-likeness (QED) is 0.839. The first-order chi connectivity index (χ1) is 11.7. The number of thiophene rings is 1. The summed E-state index contributed by atoms with van der Waals surface area (Å²) >= 11 is 1.80. The molecule has 0 spiro atoms. The number of anilines is 1. The van der Waals surface area contributed by atoms with Gasteiger partial charge in [-0.05, 0) is 54.6 Å². The summed E-state index contributed by atoms with van der Waals surface area (Å²) in [5, 5.41) is 2.13. The van der Waals surface area contributed by atoms with Gasteiger partial charge in [-0.1, -0.05) is 0 Å². The Hall–Kier alpha value is -1.85. The fourth-order valence-electron chi connectivity index (χ4n) is 3.59. The zero-order chi connectivity index (χ0) is 16.5. The minimum Gasteiger partial charge on any atom is -0.378 e. The van der Waals surface area contributed by atoms with Crippen molar-refractivity contribution >= 4 is 22.9 Å². The van der Waals surface area contributed by atoms with Crippen LogP contribution in [0.15, 0.2) is 35.7 Å². The molecule has 1 atom stereocenters. The Kier molecular flexibility index (Phi) is 4.29. The molecular formula is C19H22N2O2S. The first-order valence-electron chi connectivity index (χ1n) is 8.54. The van der Waals surface area contributed by atoms with Crippen LogP contribution in [0.4, 0.5) is 5.69 Å². The number of ether oxygens (including phenoxy) is 1. The molecule has 2 aliphatic heterocycles. The lowest BCUT2D eigenvalue weighted by Gasteiger charge is -2.34. The van der Waals surface area contributed by atoms with E-state index in [0.717, 1.165) is 44.8 Å². The molecule has 1 fully saturated rings. The van der Waals surface area contributed by atoms with Crippen molar-refractivity contribution in [3.8, 4) is 0 Å². The third-order valence-electron chi connectivity index (χ3n) is 5.03. The average Bonchev–Trinajstić information content (AvgIpc) is 3.12. The molecule has 5 heteroatoms. The molecule has 0 bridgehead atoms. The number of morpholine rings is 1. The van der Waals surface area contributed by atoms with Gasteiger partial charge in [0, 0.05) is 35.8 Å². The van der Waals surface area contributed by atoms with Crippen LogP contribution in [0, 0.1) is 0 Å². The van der Waals surface area contributed by atoms with E-state index in [9.17, 15) is 4.79 Å². The second kappa shape index (κ2) is 6.57. The van der Waals surface area contributed by atoms with Gasteiger partial charge in [-0.15, -0.1) is 11.3 Å². The lowest BCUT2D eigenvalue weighted by molar-refractivity contribution is 0.0679. The van der Waals surface area contributed by atoms with Gasteiger partial charge in [-0.25, -0.2) is 0 Å². The lowest BCUT2D eigenvalue weighted by Crippen LogP contribution is -2.38. The first kappa shape index (κ1) is 15.7. The monoisotopic (exact) mass is 342 g/mol. The van der Waals surface area contributed by atoms with E-state index < -0.39 is 0 Å². The van der Waals surface area contributed by atoms with E-state index in [4.69, 9.17) is 4.74 Å². The van der Waals surface area contributed by atoms with E-state index in [1.165, 1.54) is 16.1 Å². The fraction of sp³-hybridized carbons (Fsp3) is 0.421. The highest BCUT2D eigenvalue weighted by Crippen LogP contribution is 2.33. The standard InChI is InChI=1S/C19H22N2O2S/c1-14-17-7-13-24-18(17)6-8-21(14)19(22)15-2-4-16(5-3-15)20-9-11-23-12-10-20/h2-5,7,13-14H,6,8-12H2,1H3/t14-/m1/s1. The average molecular weight is 342 g/mol. The Bertz CT molecular complexity index is 719. The number of carbonyl (C=O) groups is 1. The Morgan fingerprint density at radius 1 is 1.12 bits per heavy atom. The molecule has 1 aromatic carbocycles. The SMILES string of the molecule is C[C@@H]1c2ccsc2CCN1C(=O)c1ccc(N2CCOCC2)cc1. The lowest BCUT2D eigenvalue weighted by atomic mass is 10.0. The van der Waals surface area contributed by atoms with Crippen LogP contribution in [0.3, 0.4) is 0 Å². The predicted octanol–water partition coefficient (Wildman–Crippen LogP) is 3.34. The smallest absolute Gasteiger partial charge is 0.254 e. The van der Waals surface area contributed by atoms with Crippen LogP contribution < -0.4 is 4.90 Å². The van der Waals surface area contributed by atoms with E-state index in [0.29, 0.717) is 0 Å². The maximum absolute atomic E-state index is 12.9. The highest BCUT2D eigenvalue weighted by molar-refractivity contribution is 7.10. The molecule has 126 valence electrons. The Morgan fingerprint density at radius 3 is 2.62 bits per heavy atom. The molecule has 1 saturated heterocycles. The molecule has 0 N–H and O–H groups in total. The highest BCUT2D eigenvalue weighted by atomic mass is 32.1. The number of amides is 1. The van der Waals surface area contributed by atoms with E-state index in [1.54, 1.807) is 11.3 Å². The van der Waals surface area contributed by atoms with Crippen molar-refractivity contribution in [1.82, 2.24) is 4.90 Å². The van der Waals surface area contributed by atoms with Gasteiger partial charge in [0.1, 0.15) is 0 Å². The van der Waals surface area contributed by atoms with Crippen LogP contribution in [-0.2, 0) is 11.2 Å². The molecule has 2 aromatic rings. The van der Waals surface area contributed by atoms with Crippen LogP contribution in [-0.4, -0.2) is 43.7 Å². The molecular weight excluding hydrogens is 320 g/mol. The summed E-state index contributed by atoms with van der Waals surface area (Å²) < 4.78 is 5.39. The van der Waals surface area contributed by atoms with E-state index in [-0.39, 0.29) is 11.9 Å². The molecule has 4 rings (SSSR count). The fourth-order valence-corrected chi connectivity index (χ4v) is 4.55. The molecule has 24 heavy (non-hydrogen) atoms. The van der Waals surface area contributed by atoms with Gasteiger partial charge >= 0.3 is 0 Å². The molecule has 2 aliphatic rings. The van der Waals surface area contributed by atoms with E-state index >= 15 is 0 Å². The van der Waals surface area contributed by atoms with Crippen molar-refractivity contribution in [3.63, 3.8) is 0 Å². The van der Waals surface area contributed by atoms with Gasteiger partial charge in [0.25, 0.3) is 5.91 Å². The number of rotatable bonds is 2. The van der Waals surface area contributed by atoms with Crippen LogP contribution in [0.5, 0.6) is 0 Å². The minimum absolute atomic E-state index is 0.132. The summed E-state index contributed by atoms with van der Waals surface area (Å²) in [7, 11) is 0. The minimum atomic E-state index is 0.132. The number of hydrogen-bond donors (Lipinski definition) is 0. The van der Waals surface area contributed by atoms with Gasteiger partial charge in [0.15, 0.2) is 0 Å². The maximum Gasteiger partial charge on any atom is 0.254 e. The van der Waals surface area contributed by atoms with Crippen LogP contribution in [0.2, 0.25) is 0 Å². The van der Waals surface area contributed by atoms with E-state index in [2.05, 4.69) is 35.4 Å². The zero-order valence-electron chi connectivity index (χ0n) is 13.9. The Morgan fingerprint density at radius 2 is 1.88 bits per heavy atom. The molecule has 1 aromatic heterocycles. The van der Waals surface area contributed by atoms with Crippen LogP contribution in [0.25, 0.3) is 0 Å². The largest absolute Gasteiger partial charge is 0.378 e. The summed E-state index contributed by atoms with van der Waals surface area (Å²) in [6, 6.07) is 10.4. The second-order valence-corrected chi connectivity index (χ2v) is 7.37. The van der Waals surface area contributed by atoms with Gasteiger partial charge in [-0.3, -0.25) is 4.79 Å². The Balaban J connectivity index is 1.50. The summed E-state index contributed by atoms with van der Waals surface area (Å²) in [6.45, 7) is 6.31. The molecule has 0 unspecified atom stereocenters. The molecule has 0 aliphatic carbocycles. The van der Waals surface area contributed by atoms with Gasteiger partial charge in [0.05, 0.1) is 19.3 Å². The normalized spacial score (nSPS) is 20.8. The summed E-state index contributed by atoms with van der Waals surface area (Å²) in [5.41, 5.74) is 3.25. The van der Waals surface area contributed by atoms with Crippen LogP contribution >= 0.6 is 11.3 Å². The number of fused-ring (bicyclic) bond motifs is 1. The summed E-state index contributed by atoms with van der Waals surface area (Å²) in [5.74, 6) is 0.132. The van der Waals surface area contributed by atoms with Crippen molar-refractivity contribution in [2.24, 2.45) is 0 Å². The number of carbonyl (C=O) groups excluding carboxylic acids is 1. The molecule has 3 heterocycles. The van der Waals surface area contributed by atoms with Crippen molar-refractivity contribution in [2.75, 3.05) is 37.7 Å². The highest BCUT2D eigenvalue weighted by Gasteiger charge is 2.29. The number of benzene rings is 1. The third-order valence-corrected chi connectivity index (χ3v) is 6.03. The van der Waals surface area contributed by atoms with Gasteiger partial charge in [-0.2, -0.15) is 0 Å². The molecule has 1 amide bonds.